The molecular weight excluding hydrogens is 216 g/mol. The van der Waals surface area contributed by atoms with Crippen molar-refractivity contribution >= 4 is 11.7 Å². The van der Waals surface area contributed by atoms with E-state index >= 15 is 0 Å². The van der Waals surface area contributed by atoms with Crippen molar-refractivity contribution in [3.05, 3.63) is 35.7 Å². The van der Waals surface area contributed by atoms with Crippen molar-refractivity contribution in [3.63, 3.8) is 0 Å². The van der Waals surface area contributed by atoms with Gasteiger partial charge in [0.1, 0.15) is 0 Å². The molecule has 0 saturated carbocycles. The van der Waals surface area contributed by atoms with Crippen molar-refractivity contribution < 1.29 is 4.42 Å². The zero-order chi connectivity index (χ0) is 12.3. The highest BCUT2D eigenvalue weighted by Crippen LogP contribution is 2.22. The Morgan fingerprint density at radius 1 is 1.24 bits per heavy atom. The normalized spacial score (nSPS) is 10.5. The monoisotopic (exact) mass is 232 g/mol. The van der Waals surface area contributed by atoms with Crippen molar-refractivity contribution in [2.75, 3.05) is 11.9 Å². The molecule has 0 bridgehead atoms. The van der Waals surface area contributed by atoms with Gasteiger partial charge in [-0.1, -0.05) is 24.2 Å². The molecule has 2 N–H and O–H groups in total. The van der Waals surface area contributed by atoms with Crippen molar-refractivity contribution in [1.82, 2.24) is 10.2 Å². The van der Waals surface area contributed by atoms with Crippen LogP contribution >= 0.6 is 0 Å². The first-order valence-electron chi connectivity index (χ1n) is 5.59. The number of aryl methyl sites for hydroxylation is 1. The number of hydrogen-bond donors (Lipinski definition) is 1. The molecule has 90 valence electrons. The molecule has 0 unspecified atom stereocenters. The van der Waals surface area contributed by atoms with E-state index in [-0.39, 0.29) is 6.54 Å². The van der Waals surface area contributed by atoms with E-state index in [0.717, 1.165) is 12.1 Å². The van der Waals surface area contributed by atoms with Crippen LogP contribution < -0.4 is 10.6 Å². The van der Waals surface area contributed by atoms with Crippen LogP contribution in [0.3, 0.4) is 0 Å². The maximum Gasteiger partial charge on any atom is 0.322 e. The fourth-order valence-electron chi connectivity index (χ4n) is 1.53. The lowest BCUT2D eigenvalue weighted by Gasteiger charge is -2.14. The summed E-state index contributed by atoms with van der Waals surface area (Å²) < 4.78 is 5.38. The topological polar surface area (TPSA) is 68.2 Å². The molecule has 0 atom stereocenters. The first-order valence-corrected chi connectivity index (χ1v) is 5.59. The summed E-state index contributed by atoms with van der Waals surface area (Å²) >= 11 is 0. The van der Waals surface area contributed by atoms with Crippen LogP contribution in [0.25, 0.3) is 0 Å². The maximum atomic E-state index is 5.43. The van der Waals surface area contributed by atoms with Crippen molar-refractivity contribution in [2.24, 2.45) is 5.73 Å². The summed E-state index contributed by atoms with van der Waals surface area (Å²) in [6, 6.07) is 8.70. The van der Waals surface area contributed by atoms with Gasteiger partial charge in [-0.3, -0.25) is 4.90 Å². The Hall–Kier alpha value is -1.88. The van der Waals surface area contributed by atoms with E-state index in [2.05, 4.69) is 29.3 Å². The lowest BCUT2D eigenvalue weighted by atomic mass is 10.1. The predicted octanol–water partition coefficient (Wildman–Crippen LogP) is 1.86. The molecule has 0 aliphatic rings. The molecule has 2 rings (SSSR count). The number of anilines is 2. The van der Waals surface area contributed by atoms with Gasteiger partial charge < -0.3 is 10.2 Å². The summed E-state index contributed by atoms with van der Waals surface area (Å²) in [6.45, 7) is 2.39. The van der Waals surface area contributed by atoms with Crippen molar-refractivity contribution in [2.45, 2.75) is 19.9 Å². The first kappa shape index (κ1) is 11.6. The molecule has 0 aliphatic heterocycles. The van der Waals surface area contributed by atoms with E-state index in [0.29, 0.717) is 11.9 Å². The van der Waals surface area contributed by atoms with Crippen molar-refractivity contribution in [3.8, 4) is 0 Å². The summed E-state index contributed by atoms with van der Waals surface area (Å²) in [5.41, 5.74) is 7.74. The number of nitrogens with two attached hydrogens (primary N) is 1. The van der Waals surface area contributed by atoms with Gasteiger partial charge in [-0.15, -0.1) is 5.10 Å². The molecule has 1 heterocycles. The summed E-state index contributed by atoms with van der Waals surface area (Å²) in [5, 5.41) is 7.77. The molecule has 1 aromatic carbocycles. The lowest BCUT2D eigenvalue weighted by Crippen LogP contribution is -2.09. The Morgan fingerprint density at radius 3 is 2.47 bits per heavy atom. The van der Waals surface area contributed by atoms with E-state index < -0.39 is 0 Å². The predicted molar refractivity (Wildman–Crippen MR) is 66.1 cm³/mol. The van der Waals surface area contributed by atoms with Gasteiger partial charge in [-0.2, -0.15) is 0 Å². The number of benzene rings is 1. The van der Waals surface area contributed by atoms with Crippen LogP contribution in [-0.2, 0) is 13.0 Å². The largest absolute Gasteiger partial charge is 0.406 e. The third-order valence-electron chi connectivity index (χ3n) is 2.65. The standard InChI is InChI=1S/C12H16N4O/c1-3-9-4-6-10(7-5-9)16(2)12-15-14-11(8-13)17-12/h4-7H,3,8,13H2,1-2H3. The second-order valence-electron chi connectivity index (χ2n) is 3.76. The quantitative estimate of drug-likeness (QED) is 0.871. The SMILES string of the molecule is CCc1ccc(N(C)c2nnc(CN)o2)cc1. The van der Waals surface area contributed by atoms with E-state index in [1.54, 1.807) is 0 Å². The third kappa shape index (κ3) is 2.45. The Kier molecular flexibility index (Phi) is 3.39. The minimum Gasteiger partial charge on any atom is -0.406 e. The molecule has 5 nitrogen and oxygen atoms in total. The Bertz CT molecular complexity index is 478. The van der Waals surface area contributed by atoms with Crippen LogP contribution in [-0.4, -0.2) is 17.2 Å². The molecule has 17 heavy (non-hydrogen) atoms. The molecule has 2 aromatic rings. The second-order valence-corrected chi connectivity index (χ2v) is 3.76. The van der Waals surface area contributed by atoms with Gasteiger partial charge in [0.25, 0.3) is 0 Å². The zero-order valence-corrected chi connectivity index (χ0v) is 10.1. The maximum absolute atomic E-state index is 5.43. The summed E-state index contributed by atoms with van der Waals surface area (Å²) in [6.07, 6.45) is 1.03. The molecule has 0 fully saturated rings. The van der Waals surface area contributed by atoms with Crippen LogP contribution in [0.5, 0.6) is 0 Å². The van der Waals surface area contributed by atoms with Gasteiger partial charge in [0.05, 0.1) is 6.54 Å². The van der Waals surface area contributed by atoms with E-state index in [9.17, 15) is 0 Å². The van der Waals surface area contributed by atoms with E-state index in [1.165, 1.54) is 5.56 Å². The van der Waals surface area contributed by atoms with Crippen LogP contribution in [0.4, 0.5) is 11.7 Å². The minimum absolute atomic E-state index is 0.260. The van der Waals surface area contributed by atoms with Gasteiger partial charge in [0.2, 0.25) is 5.89 Å². The number of hydrogen-bond acceptors (Lipinski definition) is 5. The van der Waals surface area contributed by atoms with Crippen LogP contribution in [0.15, 0.2) is 28.7 Å². The molecular formula is C12H16N4O. The molecule has 0 radical (unpaired) electrons. The highest BCUT2D eigenvalue weighted by molar-refractivity contribution is 5.55. The molecule has 1 aromatic heterocycles. The molecule has 0 aliphatic carbocycles. The molecule has 0 spiro atoms. The highest BCUT2D eigenvalue weighted by Gasteiger charge is 2.11. The van der Waals surface area contributed by atoms with E-state index in [1.807, 2.05) is 24.1 Å². The average molecular weight is 232 g/mol. The molecule has 0 saturated heterocycles. The summed E-state index contributed by atoms with van der Waals surface area (Å²) in [4.78, 5) is 1.84. The van der Waals surface area contributed by atoms with Crippen LogP contribution in [0, 0.1) is 0 Å². The van der Waals surface area contributed by atoms with Gasteiger partial charge in [0.15, 0.2) is 0 Å². The smallest absolute Gasteiger partial charge is 0.322 e. The number of nitrogens with zero attached hydrogens (tertiary/aromatic N) is 3. The second kappa shape index (κ2) is 4.97. The van der Waals surface area contributed by atoms with Gasteiger partial charge >= 0.3 is 6.01 Å². The highest BCUT2D eigenvalue weighted by atomic mass is 16.4. The van der Waals surface area contributed by atoms with Gasteiger partial charge in [-0.05, 0) is 24.1 Å². The Balaban J connectivity index is 2.20. The van der Waals surface area contributed by atoms with Gasteiger partial charge in [0, 0.05) is 12.7 Å². The Labute approximate surface area is 100 Å². The third-order valence-corrected chi connectivity index (χ3v) is 2.65. The fourth-order valence-corrected chi connectivity index (χ4v) is 1.53. The fraction of sp³-hybridized carbons (Fsp3) is 0.333. The summed E-state index contributed by atoms with van der Waals surface area (Å²) in [7, 11) is 1.88. The van der Waals surface area contributed by atoms with Crippen molar-refractivity contribution in [1.29, 1.82) is 0 Å². The Morgan fingerprint density at radius 2 is 1.94 bits per heavy atom. The molecule has 0 amide bonds. The molecule has 5 heteroatoms. The average Bonchev–Trinajstić information content (AvgIpc) is 2.87. The lowest BCUT2D eigenvalue weighted by molar-refractivity contribution is 0.500. The van der Waals surface area contributed by atoms with E-state index in [4.69, 9.17) is 10.2 Å². The summed E-state index contributed by atoms with van der Waals surface area (Å²) in [5.74, 6) is 0.442. The first-order chi connectivity index (χ1) is 8.24. The zero-order valence-electron chi connectivity index (χ0n) is 10.1. The number of rotatable bonds is 4. The minimum atomic E-state index is 0.260. The van der Waals surface area contributed by atoms with Crippen LogP contribution in [0.1, 0.15) is 18.4 Å². The van der Waals surface area contributed by atoms with Gasteiger partial charge in [-0.25, -0.2) is 0 Å². The number of aromatic nitrogens is 2. The van der Waals surface area contributed by atoms with Crippen LogP contribution in [0.2, 0.25) is 0 Å².